The molecule has 94 valence electrons. The fourth-order valence-corrected chi connectivity index (χ4v) is 1.34. The molecule has 0 amide bonds. The predicted octanol–water partition coefficient (Wildman–Crippen LogP) is 1.000. The molecule has 0 aromatic carbocycles. The molecule has 0 saturated carbocycles. The van der Waals surface area contributed by atoms with Gasteiger partial charge in [0.1, 0.15) is 0 Å². The van der Waals surface area contributed by atoms with Crippen LogP contribution in [0, 0.1) is 0 Å². The van der Waals surface area contributed by atoms with E-state index in [0.717, 1.165) is 5.69 Å². The lowest BCUT2D eigenvalue weighted by Crippen LogP contribution is -2.31. The Morgan fingerprint density at radius 1 is 1.47 bits per heavy atom. The molecule has 5 nitrogen and oxygen atoms in total. The molecule has 0 aliphatic carbocycles. The molecule has 5 heteroatoms. The van der Waals surface area contributed by atoms with E-state index in [1.165, 1.54) is 4.68 Å². The molecule has 0 N–H and O–H groups in total. The van der Waals surface area contributed by atoms with E-state index < -0.39 is 0 Å². The van der Waals surface area contributed by atoms with Gasteiger partial charge in [-0.05, 0) is 6.07 Å². The number of carbonyl (C=O) groups is 1. The highest BCUT2D eigenvalue weighted by atomic mass is 16.5. The lowest BCUT2D eigenvalue weighted by Gasteiger charge is -2.19. The summed E-state index contributed by atoms with van der Waals surface area (Å²) < 4.78 is 6.20. The number of carbonyl (C=O) groups excluding carboxylic acids is 1. The SMILES string of the molecule is COCCn1nc(C(C)(C)C)cc(C=O)c1=O. The zero-order valence-corrected chi connectivity index (χ0v) is 10.7. The topological polar surface area (TPSA) is 61.2 Å². The number of ether oxygens (including phenoxy) is 1. The van der Waals surface area contributed by atoms with Crippen molar-refractivity contribution in [1.29, 1.82) is 0 Å². The number of aromatic nitrogens is 2. The van der Waals surface area contributed by atoms with Crippen LogP contribution >= 0.6 is 0 Å². The van der Waals surface area contributed by atoms with Gasteiger partial charge in [0.05, 0.1) is 24.4 Å². The third-order valence-electron chi connectivity index (χ3n) is 2.40. The molecule has 0 aliphatic heterocycles. The number of aldehydes is 1. The molecular formula is C12H18N2O3. The van der Waals surface area contributed by atoms with Crippen LogP contribution in [-0.4, -0.2) is 29.8 Å². The minimum atomic E-state index is -0.370. The van der Waals surface area contributed by atoms with Gasteiger partial charge >= 0.3 is 0 Å². The van der Waals surface area contributed by atoms with Crippen molar-refractivity contribution in [3.63, 3.8) is 0 Å². The second-order valence-corrected chi connectivity index (χ2v) is 4.87. The summed E-state index contributed by atoms with van der Waals surface area (Å²) in [4.78, 5) is 22.7. The van der Waals surface area contributed by atoms with Gasteiger partial charge < -0.3 is 4.74 Å². The molecule has 17 heavy (non-hydrogen) atoms. The van der Waals surface area contributed by atoms with Gasteiger partial charge in [-0.1, -0.05) is 20.8 Å². The lowest BCUT2D eigenvalue weighted by atomic mass is 9.91. The van der Waals surface area contributed by atoms with Crippen molar-refractivity contribution in [2.75, 3.05) is 13.7 Å². The highest BCUT2D eigenvalue weighted by Gasteiger charge is 2.19. The maximum Gasteiger partial charge on any atom is 0.277 e. The second-order valence-electron chi connectivity index (χ2n) is 4.87. The summed E-state index contributed by atoms with van der Waals surface area (Å²) in [5.41, 5.74) is 0.279. The van der Waals surface area contributed by atoms with Crippen molar-refractivity contribution in [3.05, 3.63) is 27.7 Å². The van der Waals surface area contributed by atoms with Crippen molar-refractivity contribution < 1.29 is 9.53 Å². The molecule has 0 saturated heterocycles. The minimum Gasteiger partial charge on any atom is -0.383 e. The third-order valence-corrected chi connectivity index (χ3v) is 2.40. The van der Waals surface area contributed by atoms with Crippen LogP contribution in [0.25, 0.3) is 0 Å². The first-order chi connectivity index (χ1) is 7.90. The smallest absolute Gasteiger partial charge is 0.277 e. The Labute approximate surface area is 100 Å². The quantitative estimate of drug-likeness (QED) is 0.734. The normalized spacial score (nSPS) is 11.5. The number of methoxy groups -OCH3 is 1. The van der Waals surface area contributed by atoms with Crippen LogP contribution in [0.1, 0.15) is 36.8 Å². The number of hydrogen-bond acceptors (Lipinski definition) is 4. The molecule has 0 fully saturated rings. The van der Waals surface area contributed by atoms with Gasteiger partial charge in [0.25, 0.3) is 5.56 Å². The van der Waals surface area contributed by atoms with E-state index in [0.29, 0.717) is 19.4 Å². The Bertz CT molecular complexity index is 458. The van der Waals surface area contributed by atoms with Crippen molar-refractivity contribution in [3.8, 4) is 0 Å². The predicted molar refractivity (Wildman–Crippen MR) is 64.5 cm³/mol. The molecule has 0 bridgehead atoms. The average Bonchev–Trinajstić information content (AvgIpc) is 2.26. The Morgan fingerprint density at radius 2 is 2.12 bits per heavy atom. The Kier molecular flexibility index (Phi) is 4.17. The zero-order chi connectivity index (χ0) is 13.1. The summed E-state index contributed by atoms with van der Waals surface area (Å²) >= 11 is 0. The standard InChI is InChI=1S/C12H18N2O3/c1-12(2,3)10-7-9(8-15)11(16)14(13-10)5-6-17-4/h7-8H,5-6H2,1-4H3. The van der Waals surface area contributed by atoms with E-state index in [1.54, 1.807) is 13.2 Å². The van der Waals surface area contributed by atoms with E-state index in [-0.39, 0.29) is 16.5 Å². The maximum absolute atomic E-state index is 11.8. The van der Waals surface area contributed by atoms with E-state index in [9.17, 15) is 9.59 Å². The maximum atomic E-state index is 11.8. The van der Waals surface area contributed by atoms with Crippen molar-refractivity contribution in [2.24, 2.45) is 0 Å². The first-order valence-electron chi connectivity index (χ1n) is 5.47. The second kappa shape index (κ2) is 5.23. The molecule has 1 heterocycles. The summed E-state index contributed by atoms with van der Waals surface area (Å²) in [5, 5.41) is 4.25. The molecule has 0 radical (unpaired) electrons. The van der Waals surface area contributed by atoms with Crippen LogP contribution < -0.4 is 5.56 Å². The summed E-state index contributed by atoms with van der Waals surface area (Å²) in [5.74, 6) is 0. The van der Waals surface area contributed by atoms with Gasteiger partial charge in [0, 0.05) is 12.5 Å². The van der Waals surface area contributed by atoms with Crippen LogP contribution in [0.4, 0.5) is 0 Å². The molecule has 0 spiro atoms. The fraction of sp³-hybridized carbons (Fsp3) is 0.583. The van der Waals surface area contributed by atoms with Gasteiger partial charge in [-0.15, -0.1) is 0 Å². The van der Waals surface area contributed by atoms with Crippen molar-refractivity contribution in [1.82, 2.24) is 9.78 Å². The van der Waals surface area contributed by atoms with Crippen molar-refractivity contribution in [2.45, 2.75) is 32.7 Å². The Morgan fingerprint density at radius 3 is 2.59 bits per heavy atom. The number of hydrogen-bond donors (Lipinski definition) is 0. The molecule has 1 rings (SSSR count). The molecule has 1 aromatic heterocycles. The summed E-state index contributed by atoms with van der Waals surface area (Å²) in [7, 11) is 1.55. The molecular weight excluding hydrogens is 220 g/mol. The van der Waals surface area contributed by atoms with Gasteiger partial charge in [-0.3, -0.25) is 9.59 Å². The Hall–Kier alpha value is -1.49. The van der Waals surface area contributed by atoms with Gasteiger partial charge in [-0.2, -0.15) is 5.10 Å². The highest BCUT2D eigenvalue weighted by Crippen LogP contribution is 2.18. The largest absolute Gasteiger partial charge is 0.383 e. The van der Waals surface area contributed by atoms with Crippen LogP contribution in [-0.2, 0) is 16.7 Å². The molecule has 0 aliphatic rings. The first-order valence-corrected chi connectivity index (χ1v) is 5.47. The number of nitrogens with zero attached hydrogens (tertiary/aromatic N) is 2. The highest BCUT2D eigenvalue weighted by molar-refractivity contribution is 5.74. The van der Waals surface area contributed by atoms with E-state index in [1.807, 2.05) is 20.8 Å². The zero-order valence-electron chi connectivity index (χ0n) is 10.7. The van der Waals surface area contributed by atoms with E-state index >= 15 is 0 Å². The van der Waals surface area contributed by atoms with Crippen molar-refractivity contribution >= 4 is 6.29 Å². The molecule has 1 aromatic rings. The fourth-order valence-electron chi connectivity index (χ4n) is 1.34. The van der Waals surface area contributed by atoms with Crippen LogP contribution in [0.5, 0.6) is 0 Å². The monoisotopic (exact) mass is 238 g/mol. The van der Waals surface area contributed by atoms with E-state index in [4.69, 9.17) is 4.74 Å². The molecule has 0 unspecified atom stereocenters. The lowest BCUT2D eigenvalue weighted by molar-refractivity contribution is 0.112. The van der Waals surface area contributed by atoms with Crippen LogP contribution in [0.2, 0.25) is 0 Å². The van der Waals surface area contributed by atoms with Gasteiger partial charge in [-0.25, -0.2) is 4.68 Å². The van der Waals surface area contributed by atoms with E-state index in [2.05, 4.69) is 5.10 Å². The summed E-state index contributed by atoms with van der Waals surface area (Å²) in [6.45, 7) is 6.68. The number of rotatable bonds is 4. The third kappa shape index (κ3) is 3.23. The van der Waals surface area contributed by atoms with Crippen LogP contribution in [0.15, 0.2) is 10.9 Å². The Balaban J connectivity index is 3.29. The molecule has 0 atom stereocenters. The summed E-state index contributed by atoms with van der Waals surface area (Å²) in [6, 6.07) is 1.55. The van der Waals surface area contributed by atoms with Crippen LogP contribution in [0.3, 0.4) is 0 Å². The minimum absolute atomic E-state index is 0.140. The summed E-state index contributed by atoms with van der Waals surface area (Å²) in [6.07, 6.45) is 0.572. The van der Waals surface area contributed by atoms with Gasteiger partial charge in [0.2, 0.25) is 0 Å². The average molecular weight is 238 g/mol. The first kappa shape index (κ1) is 13.6. The van der Waals surface area contributed by atoms with Gasteiger partial charge in [0.15, 0.2) is 6.29 Å².